The summed E-state index contributed by atoms with van der Waals surface area (Å²) in [6, 6.07) is 0. The van der Waals surface area contributed by atoms with Crippen molar-refractivity contribution in [3.8, 4) is 0 Å². The molecule has 0 atom stereocenters. The third kappa shape index (κ3) is 1.71. The average Bonchev–Trinajstić information content (AvgIpc) is 2.62. The molecule has 0 aliphatic rings. The van der Waals surface area contributed by atoms with Crippen LogP contribution < -0.4 is 11.2 Å². The Kier molecular flexibility index (Phi) is 3.57. The van der Waals surface area contributed by atoms with Crippen molar-refractivity contribution < 1.29 is 29.4 Å². The summed E-state index contributed by atoms with van der Waals surface area (Å²) in [5, 5.41) is 8.91. The number of hydrogen-bond acceptors (Lipinski definition) is 4. The van der Waals surface area contributed by atoms with Gasteiger partial charge in [-0.05, 0) is 0 Å². The van der Waals surface area contributed by atoms with Gasteiger partial charge in [-0.3, -0.25) is 13.9 Å². The first-order valence-corrected chi connectivity index (χ1v) is 4.72. The van der Waals surface area contributed by atoms with E-state index in [4.69, 9.17) is 5.11 Å². The van der Waals surface area contributed by atoms with E-state index in [1.807, 2.05) is 0 Å². The molecule has 0 amide bonds. The van der Waals surface area contributed by atoms with Crippen molar-refractivity contribution in [1.29, 1.82) is 0 Å². The summed E-state index contributed by atoms with van der Waals surface area (Å²) >= 11 is 0. The van der Waals surface area contributed by atoms with Crippen LogP contribution in [0.3, 0.4) is 0 Å². The molecule has 0 aliphatic heterocycles. The Morgan fingerprint density at radius 2 is 1.67 bits per heavy atom. The Hall–Kier alpha value is -1.76. The number of carboxylic acids is 1. The van der Waals surface area contributed by atoms with Crippen molar-refractivity contribution >= 4 is 17.1 Å². The third-order valence-electron chi connectivity index (χ3n) is 2.67. The summed E-state index contributed by atoms with van der Waals surface area (Å²) < 4.78 is 3.22. The number of carbonyl (C=O) groups is 1. The molecule has 2 aromatic rings. The van der Waals surface area contributed by atoms with Crippen molar-refractivity contribution in [3.05, 3.63) is 26.7 Å². The summed E-state index contributed by atoms with van der Waals surface area (Å²) in [4.78, 5) is 38.2. The van der Waals surface area contributed by atoms with Gasteiger partial charge in [0.2, 0.25) is 5.82 Å². The summed E-state index contributed by atoms with van der Waals surface area (Å²) in [5.74, 6) is -1.53. The quantitative estimate of drug-likeness (QED) is 0.658. The Morgan fingerprint density at radius 1 is 1.11 bits per heavy atom. The van der Waals surface area contributed by atoms with Crippen molar-refractivity contribution in [1.82, 2.24) is 18.7 Å². The first-order chi connectivity index (χ1) is 7.86. The first-order valence-electron chi connectivity index (χ1n) is 4.72. The van der Waals surface area contributed by atoms with Gasteiger partial charge in [-0.2, -0.15) is 0 Å². The molecule has 2 rings (SSSR count). The molecule has 0 fully saturated rings. The van der Waals surface area contributed by atoms with Crippen molar-refractivity contribution in [2.45, 2.75) is 0 Å². The fourth-order valence-electron chi connectivity index (χ4n) is 1.71. The van der Waals surface area contributed by atoms with E-state index in [1.54, 1.807) is 0 Å². The fraction of sp³-hybridized carbons (Fsp3) is 0.333. The monoisotopic (exact) mass is 302 g/mol. The zero-order valence-electron chi connectivity index (χ0n) is 10.2. The number of nitrogens with zero attached hydrogens (tertiary/aromatic N) is 4. The molecular formula is C9H10N4O4Zn. The van der Waals surface area contributed by atoms with Crippen molar-refractivity contribution in [2.24, 2.45) is 21.1 Å². The number of aromatic nitrogens is 4. The molecule has 8 nitrogen and oxygen atoms in total. The largest absolute Gasteiger partial charge is 0.475 e. The second kappa shape index (κ2) is 4.49. The van der Waals surface area contributed by atoms with Crippen LogP contribution in [0.25, 0.3) is 11.2 Å². The molecule has 0 saturated carbocycles. The minimum atomic E-state index is -1.25. The molecule has 0 saturated heterocycles. The molecule has 2 aromatic heterocycles. The van der Waals surface area contributed by atoms with E-state index in [0.29, 0.717) is 0 Å². The Morgan fingerprint density at radius 3 is 2.17 bits per heavy atom. The SMILES string of the molecule is Cn1c(=O)c2c(nc(C(=O)O)n2C)n(C)c1=O.[Zn]. The number of imidazole rings is 1. The Bertz CT molecular complexity index is 754. The summed E-state index contributed by atoms with van der Waals surface area (Å²) in [6.07, 6.45) is 0. The number of aryl methyl sites for hydroxylation is 2. The number of carboxylic acid groups (broad SMARTS) is 1. The van der Waals surface area contributed by atoms with Crippen LogP contribution in [-0.2, 0) is 40.6 Å². The van der Waals surface area contributed by atoms with Gasteiger partial charge in [-0.1, -0.05) is 0 Å². The predicted molar refractivity (Wildman–Crippen MR) is 58.2 cm³/mol. The van der Waals surface area contributed by atoms with Crippen molar-refractivity contribution in [3.63, 3.8) is 0 Å². The third-order valence-corrected chi connectivity index (χ3v) is 2.67. The van der Waals surface area contributed by atoms with Crippen molar-refractivity contribution in [2.75, 3.05) is 0 Å². The van der Waals surface area contributed by atoms with Crippen LogP contribution >= 0.6 is 0 Å². The normalized spacial score (nSPS) is 10.4. The van der Waals surface area contributed by atoms with Gasteiger partial charge < -0.3 is 9.67 Å². The van der Waals surface area contributed by atoms with Gasteiger partial charge >= 0.3 is 11.7 Å². The van der Waals surface area contributed by atoms with Crippen LogP contribution in [-0.4, -0.2) is 29.8 Å². The molecule has 0 bridgehead atoms. The molecule has 0 aromatic carbocycles. The van der Waals surface area contributed by atoms with Gasteiger partial charge in [-0.15, -0.1) is 0 Å². The smallest absolute Gasteiger partial charge is 0.372 e. The second-order valence-electron chi connectivity index (χ2n) is 3.68. The number of aromatic carboxylic acids is 1. The van der Waals surface area contributed by atoms with E-state index < -0.39 is 17.2 Å². The molecule has 92 valence electrons. The van der Waals surface area contributed by atoms with E-state index in [9.17, 15) is 14.4 Å². The van der Waals surface area contributed by atoms with E-state index in [1.165, 1.54) is 25.7 Å². The number of rotatable bonds is 1. The van der Waals surface area contributed by atoms with Crippen LogP contribution in [0.1, 0.15) is 10.6 Å². The maximum absolute atomic E-state index is 11.9. The number of hydrogen-bond donors (Lipinski definition) is 1. The minimum Gasteiger partial charge on any atom is -0.475 e. The maximum Gasteiger partial charge on any atom is 0.372 e. The molecule has 0 radical (unpaired) electrons. The van der Waals surface area contributed by atoms with Gasteiger partial charge in [0.15, 0.2) is 11.2 Å². The molecule has 9 heteroatoms. The molecule has 18 heavy (non-hydrogen) atoms. The predicted octanol–water partition coefficient (Wildman–Crippen LogP) is -1.33. The van der Waals surface area contributed by atoms with Crippen LogP contribution in [0.2, 0.25) is 0 Å². The standard InChI is InChI=1S/C9H10N4O4.Zn/c1-11-4-5(10-6(11)8(15)16)12(2)9(17)13(3)7(4)14;/h1-3H3,(H,15,16);. The van der Waals surface area contributed by atoms with E-state index >= 15 is 0 Å². The summed E-state index contributed by atoms with van der Waals surface area (Å²) in [6.45, 7) is 0. The molecule has 0 unspecified atom stereocenters. The second-order valence-corrected chi connectivity index (χ2v) is 3.68. The molecule has 0 aliphatic carbocycles. The first kappa shape index (κ1) is 14.3. The van der Waals surface area contributed by atoms with E-state index in [2.05, 4.69) is 4.98 Å². The van der Waals surface area contributed by atoms with Gasteiger partial charge in [0.05, 0.1) is 0 Å². The van der Waals surface area contributed by atoms with Gasteiger partial charge in [0.25, 0.3) is 5.56 Å². The number of fused-ring (bicyclic) bond motifs is 1. The van der Waals surface area contributed by atoms with E-state index in [0.717, 1.165) is 9.13 Å². The van der Waals surface area contributed by atoms with Crippen LogP contribution in [0.4, 0.5) is 0 Å². The molecule has 1 N–H and O–H groups in total. The molecule has 2 heterocycles. The van der Waals surface area contributed by atoms with Crippen LogP contribution in [0.5, 0.6) is 0 Å². The molecule has 0 spiro atoms. The topological polar surface area (TPSA) is 99.1 Å². The molecular weight excluding hydrogens is 294 g/mol. The maximum atomic E-state index is 11.9. The average molecular weight is 304 g/mol. The van der Waals surface area contributed by atoms with Gasteiger partial charge in [-0.25, -0.2) is 14.6 Å². The van der Waals surface area contributed by atoms with Gasteiger partial charge in [0.1, 0.15) is 0 Å². The summed E-state index contributed by atoms with van der Waals surface area (Å²) in [5.41, 5.74) is -0.951. The van der Waals surface area contributed by atoms with E-state index in [-0.39, 0.29) is 36.5 Å². The zero-order valence-corrected chi connectivity index (χ0v) is 13.1. The fourth-order valence-corrected chi connectivity index (χ4v) is 1.71. The minimum absolute atomic E-state index is 0. The Labute approximate surface area is 113 Å². The van der Waals surface area contributed by atoms with Crippen LogP contribution in [0, 0.1) is 0 Å². The zero-order chi connectivity index (χ0) is 12.9. The Balaban J connectivity index is 0.00000162. The summed E-state index contributed by atoms with van der Waals surface area (Å²) in [7, 11) is 4.19. The van der Waals surface area contributed by atoms with Crippen LogP contribution in [0.15, 0.2) is 9.59 Å². The van der Waals surface area contributed by atoms with Gasteiger partial charge in [0, 0.05) is 40.6 Å².